The molecule has 2 nitrogen and oxygen atoms in total. The Morgan fingerprint density at radius 1 is 1.31 bits per heavy atom. The maximum absolute atomic E-state index is 12.2. The summed E-state index contributed by atoms with van der Waals surface area (Å²) in [5.41, 5.74) is 1.26. The molecule has 0 fully saturated rings. The van der Waals surface area contributed by atoms with Crippen LogP contribution in [-0.2, 0) is 6.32 Å². The molecule has 0 bridgehead atoms. The molecule has 0 saturated carbocycles. The standard InChI is InChI=1S/C9H12BF3NO.K/c1-6-5-14-8(4-10(11,12)13)7(2)9(6)15-3;/h5H,4H2,1-3H3;/q-1;+1. The van der Waals surface area contributed by atoms with Gasteiger partial charge in [0.25, 0.3) is 0 Å². The van der Waals surface area contributed by atoms with E-state index in [0.29, 0.717) is 11.3 Å². The van der Waals surface area contributed by atoms with Gasteiger partial charge in [0, 0.05) is 23.0 Å². The molecule has 0 saturated heterocycles. The molecule has 1 aromatic heterocycles. The molecule has 0 amide bonds. The molecule has 84 valence electrons. The van der Waals surface area contributed by atoms with Crippen LogP contribution in [0, 0.1) is 13.8 Å². The van der Waals surface area contributed by atoms with Gasteiger partial charge in [-0.15, -0.1) is 0 Å². The molecular formula is C9H12BF3KNO. The van der Waals surface area contributed by atoms with Crippen LogP contribution in [0.3, 0.4) is 0 Å². The summed E-state index contributed by atoms with van der Waals surface area (Å²) in [7, 11) is 1.44. The molecule has 16 heavy (non-hydrogen) atoms. The zero-order chi connectivity index (χ0) is 11.6. The van der Waals surface area contributed by atoms with Gasteiger partial charge in [-0.25, -0.2) is 0 Å². The van der Waals surface area contributed by atoms with E-state index in [4.69, 9.17) is 4.74 Å². The second kappa shape index (κ2) is 6.39. The minimum atomic E-state index is -4.85. The molecule has 1 heterocycles. The molecule has 0 atom stereocenters. The Hall–Kier alpha value is 0.441. The first-order valence-electron chi connectivity index (χ1n) is 4.55. The number of hydrogen-bond acceptors (Lipinski definition) is 2. The van der Waals surface area contributed by atoms with E-state index in [-0.39, 0.29) is 57.1 Å². The fourth-order valence-electron chi connectivity index (χ4n) is 1.50. The summed E-state index contributed by atoms with van der Waals surface area (Å²) >= 11 is 0. The zero-order valence-electron chi connectivity index (χ0n) is 9.85. The number of methoxy groups -OCH3 is 1. The molecule has 7 heteroatoms. The average Bonchev–Trinajstić information content (AvgIpc) is 2.09. The molecule has 0 aliphatic heterocycles. The normalized spacial score (nSPS) is 10.9. The van der Waals surface area contributed by atoms with Gasteiger partial charge in [-0.3, -0.25) is 4.98 Å². The van der Waals surface area contributed by atoms with Crippen LogP contribution in [0.2, 0.25) is 0 Å². The third kappa shape index (κ3) is 4.37. The Balaban J connectivity index is 0.00000225. The largest absolute Gasteiger partial charge is 1.00 e. The van der Waals surface area contributed by atoms with Crippen molar-refractivity contribution in [1.82, 2.24) is 4.98 Å². The summed E-state index contributed by atoms with van der Waals surface area (Å²) in [6.07, 6.45) is 0.450. The van der Waals surface area contributed by atoms with E-state index in [1.807, 2.05) is 0 Å². The molecule has 0 N–H and O–H groups in total. The number of halogens is 3. The quantitative estimate of drug-likeness (QED) is 0.690. The molecule has 0 aliphatic rings. The second-order valence-corrected chi connectivity index (χ2v) is 3.46. The molecule has 0 aliphatic carbocycles. The van der Waals surface area contributed by atoms with Crippen molar-refractivity contribution in [3.63, 3.8) is 0 Å². The van der Waals surface area contributed by atoms with Crippen LogP contribution in [0.1, 0.15) is 16.8 Å². The van der Waals surface area contributed by atoms with Crippen LogP contribution < -0.4 is 56.1 Å². The summed E-state index contributed by atoms with van der Waals surface area (Å²) in [5.74, 6) is 0.486. The minimum Gasteiger partial charge on any atom is -0.496 e. The van der Waals surface area contributed by atoms with Crippen LogP contribution >= 0.6 is 0 Å². The van der Waals surface area contributed by atoms with E-state index in [9.17, 15) is 12.9 Å². The van der Waals surface area contributed by atoms with E-state index >= 15 is 0 Å². The smallest absolute Gasteiger partial charge is 0.496 e. The van der Waals surface area contributed by atoms with Gasteiger partial charge in [0.15, 0.2) is 0 Å². The van der Waals surface area contributed by atoms with Gasteiger partial charge >= 0.3 is 58.4 Å². The fourth-order valence-corrected chi connectivity index (χ4v) is 1.50. The summed E-state index contributed by atoms with van der Waals surface area (Å²) in [6.45, 7) is -1.51. The van der Waals surface area contributed by atoms with Gasteiger partial charge in [-0.05, 0) is 20.2 Å². The summed E-state index contributed by atoms with van der Waals surface area (Å²) in [5, 5.41) is 0. The predicted octanol–water partition coefficient (Wildman–Crippen LogP) is -0.360. The van der Waals surface area contributed by atoms with Crippen molar-refractivity contribution in [1.29, 1.82) is 0 Å². The van der Waals surface area contributed by atoms with Gasteiger partial charge in [-0.2, -0.15) is 0 Å². The van der Waals surface area contributed by atoms with Gasteiger partial charge in [0.1, 0.15) is 5.75 Å². The second-order valence-electron chi connectivity index (χ2n) is 3.46. The molecule has 1 aromatic rings. The number of hydrogen-bond donors (Lipinski definition) is 0. The number of pyridine rings is 1. The molecule has 1 rings (SSSR count). The van der Waals surface area contributed by atoms with E-state index in [1.165, 1.54) is 13.3 Å². The van der Waals surface area contributed by atoms with Crippen LogP contribution in [-0.4, -0.2) is 19.1 Å². The zero-order valence-corrected chi connectivity index (χ0v) is 13.0. The van der Waals surface area contributed by atoms with Crippen molar-refractivity contribution in [2.75, 3.05) is 7.11 Å². The van der Waals surface area contributed by atoms with Crippen molar-refractivity contribution in [3.8, 4) is 5.75 Å². The maximum atomic E-state index is 12.2. The number of aryl methyl sites for hydroxylation is 1. The molecule has 0 spiro atoms. The Labute approximate surface area is 135 Å². The average molecular weight is 257 g/mol. The fraction of sp³-hybridized carbons (Fsp3) is 0.444. The monoisotopic (exact) mass is 257 g/mol. The van der Waals surface area contributed by atoms with Crippen molar-refractivity contribution in [2.24, 2.45) is 0 Å². The van der Waals surface area contributed by atoms with E-state index < -0.39 is 13.3 Å². The molecular weight excluding hydrogens is 245 g/mol. The van der Waals surface area contributed by atoms with Crippen molar-refractivity contribution in [2.45, 2.75) is 20.2 Å². The SMILES string of the molecule is COc1c(C)cnc(C[B-](F)(F)F)c1C.[K+]. The Bertz CT molecular complexity index is 371. The van der Waals surface area contributed by atoms with E-state index in [2.05, 4.69) is 4.98 Å². The summed E-state index contributed by atoms with van der Waals surface area (Å²) in [4.78, 5) is 3.79. The minimum absolute atomic E-state index is 0. The van der Waals surface area contributed by atoms with E-state index in [0.717, 1.165) is 5.56 Å². The van der Waals surface area contributed by atoms with Crippen LogP contribution in [0.4, 0.5) is 12.9 Å². The molecule has 0 radical (unpaired) electrons. The van der Waals surface area contributed by atoms with Crippen LogP contribution in [0.15, 0.2) is 6.20 Å². The van der Waals surface area contributed by atoms with Crippen molar-refractivity contribution < 1.29 is 69.1 Å². The third-order valence-electron chi connectivity index (χ3n) is 2.17. The summed E-state index contributed by atoms with van der Waals surface area (Å²) in [6, 6.07) is 0. The van der Waals surface area contributed by atoms with Gasteiger partial charge in [0.2, 0.25) is 0 Å². The number of ether oxygens (including phenoxy) is 1. The number of aromatic nitrogens is 1. The van der Waals surface area contributed by atoms with Gasteiger partial charge in [0.05, 0.1) is 7.11 Å². The van der Waals surface area contributed by atoms with Crippen LogP contribution in [0.5, 0.6) is 5.75 Å². The van der Waals surface area contributed by atoms with E-state index in [1.54, 1.807) is 13.8 Å². The van der Waals surface area contributed by atoms with Crippen molar-refractivity contribution >= 4 is 6.98 Å². The van der Waals surface area contributed by atoms with Crippen LogP contribution in [0.25, 0.3) is 0 Å². The Morgan fingerprint density at radius 3 is 2.31 bits per heavy atom. The first-order chi connectivity index (χ1) is 6.85. The van der Waals surface area contributed by atoms with Crippen molar-refractivity contribution in [3.05, 3.63) is 23.0 Å². The van der Waals surface area contributed by atoms with Gasteiger partial charge in [-0.1, -0.05) is 0 Å². The topological polar surface area (TPSA) is 22.1 Å². The first-order valence-corrected chi connectivity index (χ1v) is 4.55. The number of nitrogens with zero attached hydrogens (tertiary/aromatic N) is 1. The van der Waals surface area contributed by atoms with Gasteiger partial charge < -0.3 is 17.7 Å². The number of rotatable bonds is 3. The first kappa shape index (κ1) is 16.4. The maximum Gasteiger partial charge on any atom is 1.00 e. The predicted molar refractivity (Wildman–Crippen MR) is 53.0 cm³/mol. The summed E-state index contributed by atoms with van der Waals surface area (Å²) < 4.78 is 41.7. The molecule has 0 aromatic carbocycles. The molecule has 0 unspecified atom stereocenters. The Kier molecular flexibility index (Phi) is 6.57. The Morgan fingerprint density at radius 2 is 1.88 bits per heavy atom. The third-order valence-corrected chi connectivity index (χ3v) is 2.17.